The zero-order chi connectivity index (χ0) is 13.5. The predicted molar refractivity (Wildman–Crippen MR) is 69.5 cm³/mol. The van der Waals surface area contributed by atoms with Crippen molar-refractivity contribution in [1.29, 1.82) is 0 Å². The summed E-state index contributed by atoms with van der Waals surface area (Å²) in [6, 6.07) is 3.52. The Balaban J connectivity index is 2.75. The minimum atomic E-state index is -0.478. The molecule has 0 saturated heterocycles. The number of hydrogen-bond donors (Lipinski definition) is 1. The van der Waals surface area contributed by atoms with Crippen LogP contribution in [0, 0.1) is 10.1 Å². The molecule has 0 aliphatic heterocycles. The Kier molecular flexibility index (Phi) is 5.38. The van der Waals surface area contributed by atoms with E-state index < -0.39 is 4.92 Å². The lowest BCUT2D eigenvalue weighted by atomic mass is 10.3. The van der Waals surface area contributed by atoms with Crippen LogP contribution in [0.4, 0.5) is 0 Å². The Morgan fingerprint density at radius 1 is 1.67 bits per heavy atom. The number of nitrogens with zero attached hydrogens (tertiary/aromatic N) is 3. The number of nitro groups is 1. The van der Waals surface area contributed by atoms with Crippen LogP contribution in [-0.4, -0.2) is 28.4 Å². The summed E-state index contributed by atoms with van der Waals surface area (Å²) in [7, 11) is 1.77. The molecule has 1 heterocycles. The highest BCUT2D eigenvalue weighted by molar-refractivity contribution is 6.29. The van der Waals surface area contributed by atoms with Gasteiger partial charge in [0.15, 0.2) is 5.82 Å². The highest BCUT2D eigenvalue weighted by atomic mass is 35.5. The summed E-state index contributed by atoms with van der Waals surface area (Å²) in [6.07, 6.45) is 2.60. The van der Waals surface area contributed by atoms with Crippen molar-refractivity contribution < 1.29 is 4.92 Å². The highest BCUT2D eigenvalue weighted by Crippen LogP contribution is 2.09. The van der Waals surface area contributed by atoms with Gasteiger partial charge >= 0.3 is 0 Å². The van der Waals surface area contributed by atoms with Crippen molar-refractivity contribution >= 4 is 11.6 Å². The Morgan fingerprint density at radius 2 is 2.39 bits per heavy atom. The van der Waals surface area contributed by atoms with Crippen LogP contribution in [0.25, 0.3) is 0 Å². The number of pyridine rings is 1. The zero-order valence-corrected chi connectivity index (χ0v) is 11.0. The van der Waals surface area contributed by atoms with E-state index in [0.717, 1.165) is 11.8 Å². The number of nitrogens with one attached hydrogen (secondary N) is 1. The van der Waals surface area contributed by atoms with Crippen LogP contribution < -0.4 is 5.32 Å². The molecule has 1 aromatic rings. The molecule has 0 aliphatic carbocycles. The van der Waals surface area contributed by atoms with Crippen LogP contribution in [0.1, 0.15) is 12.5 Å². The molecule has 1 N–H and O–H groups in total. The minimum Gasteiger partial charge on any atom is -0.367 e. The summed E-state index contributed by atoms with van der Waals surface area (Å²) < 4.78 is 0. The highest BCUT2D eigenvalue weighted by Gasteiger charge is 2.09. The molecule has 1 rings (SSSR count). The molecule has 0 aromatic carbocycles. The van der Waals surface area contributed by atoms with Crippen LogP contribution in [0.5, 0.6) is 0 Å². The van der Waals surface area contributed by atoms with E-state index in [2.05, 4.69) is 10.3 Å². The lowest BCUT2D eigenvalue weighted by Gasteiger charge is -2.21. The van der Waals surface area contributed by atoms with E-state index >= 15 is 0 Å². The summed E-state index contributed by atoms with van der Waals surface area (Å²) in [5.74, 6) is 0.456. The SMILES string of the molecule is CCN/C(=C/[N+](=O)[O-])N(C)Cc1ccc(Cl)nc1. The Labute approximate surface area is 110 Å². The van der Waals surface area contributed by atoms with Crippen molar-refractivity contribution in [2.24, 2.45) is 0 Å². The molecule has 0 amide bonds. The van der Waals surface area contributed by atoms with Crippen molar-refractivity contribution in [1.82, 2.24) is 15.2 Å². The van der Waals surface area contributed by atoms with Gasteiger partial charge in [-0.15, -0.1) is 0 Å². The monoisotopic (exact) mass is 270 g/mol. The average molecular weight is 271 g/mol. The van der Waals surface area contributed by atoms with E-state index in [1.165, 1.54) is 0 Å². The Morgan fingerprint density at radius 3 is 2.89 bits per heavy atom. The average Bonchev–Trinajstić information content (AvgIpc) is 2.31. The quantitative estimate of drug-likeness (QED) is 0.485. The van der Waals surface area contributed by atoms with Crippen molar-refractivity contribution in [3.63, 3.8) is 0 Å². The van der Waals surface area contributed by atoms with Crippen molar-refractivity contribution in [3.8, 4) is 0 Å². The lowest BCUT2D eigenvalue weighted by Crippen LogP contribution is -2.29. The zero-order valence-electron chi connectivity index (χ0n) is 10.3. The van der Waals surface area contributed by atoms with Gasteiger partial charge in [-0.2, -0.15) is 0 Å². The third-order valence-electron chi connectivity index (χ3n) is 2.21. The third kappa shape index (κ3) is 4.58. The van der Waals surface area contributed by atoms with E-state index in [-0.39, 0.29) is 0 Å². The van der Waals surface area contributed by atoms with Gasteiger partial charge in [-0.3, -0.25) is 10.1 Å². The molecule has 0 unspecified atom stereocenters. The van der Waals surface area contributed by atoms with Crippen molar-refractivity contribution in [3.05, 3.63) is 51.2 Å². The molecule has 0 radical (unpaired) electrons. The summed E-state index contributed by atoms with van der Waals surface area (Å²) in [6.45, 7) is 3.01. The van der Waals surface area contributed by atoms with Crippen molar-refractivity contribution in [2.45, 2.75) is 13.5 Å². The molecular formula is C11H15ClN4O2. The molecule has 98 valence electrons. The largest absolute Gasteiger partial charge is 0.367 e. The first-order chi connectivity index (χ1) is 8.52. The molecule has 0 saturated carbocycles. The van der Waals surface area contributed by atoms with Gasteiger partial charge < -0.3 is 10.2 Å². The van der Waals surface area contributed by atoms with Crippen LogP contribution in [0.3, 0.4) is 0 Å². The number of hydrogen-bond acceptors (Lipinski definition) is 5. The predicted octanol–water partition coefficient (Wildman–Crippen LogP) is 1.85. The normalized spacial score (nSPS) is 11.2. The van der Waals surface area contributed by atoms with Gasteiger partial charge in [-0.25, -0.2) is 4.98 Å². The molecule has 0 aliphatic rings. The smallest absolute Gasteiger partial charge is 0.274 e. The van der Waals surface area contributed by atoms with E-state index in [1.54, 1.807) is 24.2 Å². The lowest BCUT2D eigenvalue weighted by molar-refractivity contribution is -0.404. The molecule has 0 fully saturated rings. The number of halogens is 1. The van der Waals surface area contributed by atoms with E-state index in [1.807, 2.05) is 13.0 Å². The fourth-order valence-corrected chi connectivity index (χ4v) is 1.53. The molecular weight excluding hydrogens is 256 g/mol. The summed E-state index contributed by atoms with van der Waals surface area (Å²) in [5.41, 5.74) is 0.925. The number of rotatable bonds is 6. The third-order valence-corrected chi connectivity index (χ3v) is 2.43. The fourth-order valence-electron chi connectivity index (χ4n) is 1.42. The second-order valence-electron chi connectivity index (χ2n) is 3.68. The second kappa shape index (κ2) is 6.80. The van der Waals surface area contributed by atoms with Gasteiger partial charge in [-0.05, 0) is 18.6 Å². The molecule has 7 heteroatoms. The van der Waals surface area contributed by atoms with Gasteiger partial charge in [0.25, 0.3) is 6.20 Å². The molecule has 0 atom stereocenters. The summed E-state index contributed by atoms with van der Waals surface area (Å²) in [5, 5.41) is 13.9. The van der Waals surface area contributed by atoms with Crippen LogP contribution >= 0.6 is 11.6 Å². The first-order valence-corrected chi connectivity index (χ1v) is 5.81. The van der Waals surface area contributed by atoms with Gasteiger partial charge in [0.1, 0.15) is 5.15 Å². The Hall–Kier alpha value is -1.82. The topological polar surface area (TPSA) is 71.3 Å². The van der Waals surface area contributed by atoms with E-state index in [9.17, 15) is 10.1 Å². The Bertz CT molecular complexity index is 433. The molecule has 1 aromatic heterocycles. The van der Waals surface area contributed by atoms with Gasteiger partial charge in [0, 0.05) is 26.3 Å². The number of aromatic nitrogens is 1. The van der Waals surface area contributed by atoms with Crippen LogP contribution in [0.15, 0.2) is 30.4 Å². The second-order valence-corrected chi connectivity index (χ2v) is 4.06. The summed E-state index contributed by atoms with van der Waals surface area (Å²) >= 11 is 5.69. The maximum absolute atomic E-state index is 10.5. The maximum atomic E-state index is 10.5. The first kappa shape index (κ1) is 14.2. The fraction of sp³-hybridized carbons (Fsp3) is 0.364. The maximum Gasteiger partial charge on any atom is 0.274 e. The standard InChI is InChI=1S/C11H15ClN4O2/c1-3-13-11(8-16(17)18)15(2)7-9-4-5-10(12)14-6-9/h4-6,8,13H,3,7H2,1-2H3/b11-8-. The van der Waals surface area contributed by atoms with Gasteiger partial charge in [0.05, 0.1) is 4.92 Å². The van der Waals surface area contributed by atoms with E-state index in [0.29, 0.717) is 24.1 Å². The van der Waals surface area contributed by atoms with E-state index in [4.69, 9.17) is 11.6 Å². The molecule has 6 nitrogen and oxygen atoms in total. The van der Waals surface area contributed by atoms with Crippen molar-refractivity contribution in [2.75, 3.05) is 13.6 Å². The molecule has 18 heavy (non-hydrogen) atoms. The van der Waals surface area contributed by atoms with Crippen LogP contribution in [0.2, 0.25) is 5.15 Å². The minimum absolute atomic E-state index is 0.425. The van der Waals surface area contributed by atoms with Gasteiger partial charge in [-0.1, -0.05) is 17.7 Å². The van der Waals surface area contributed by atoms with Gasteiger partial charge in [0.2, 0.25) is 0 Å². The summed E-state index contributed by atoms with van der Waals surface area (Å²) in [4.78, 5) is 15.8. The molecule has 0 spiro atoms. The first-order valence-electron chi connectivity index (χ1n) is 5.43. The van der Waals surface area contributed by atoms with Crippen LogP contribution in [-0.2, 0) is 6.54 Å². The molecule has 0 bridgehead atoms.